The van der Waals surface area contributed by atoms with E-state index >= 15 is 0 Å². The van der Waals surface area contributed by atoms with Crippen molar-refractivity contribution in [2.75, 3.05) is 23.9 Å². The fourth-order valence-electron chi connectivity index (χ4n) is 3.96. The van der Waals surface area contributed by atoms with Gasteiger partial charge in [-0.15, -0.1) is 0 Å². The van der Waals surface area contributed by atoms with Gasteiger partial charge in [-0.2, -0.15) is 0 Å². The zero-order valence-electron chi connectivity index (χ0n) is 21.7. The first kappa shape index (κ1) is 29.6. The Morgan fingerprint density at radius 2 is 1.53 bits per heavy atom. The van der Waals surface area contributed by atoms with Gasteiger partial charge in [0.2, 0.25) is 11.8 Å². The van der Waals surface area contributed by atoms with Crippen LogP contribution in [0.4, 0.5) is 5.69 Å². The maximum absolute atomic E-state index is 13.8. The Kier molecular flexibility index (Phi) is 11.1. The number of hydrogen-bond donors (Lipinski definition) is 1. The fourth-order valence-corrected chi connectivity index (χ4v) is 5.76. The average molecular weight is 648 g/mol. The molecule has 2 amide bonds. The summed E-state index contributed by atoms with van der Waals surface area (Å²) >= 11 is 2.15. The SMILES string of the molecule is CCCCNC(=O)C(C)N(CCc1ccccc1)C(=O)CN(c1ccc(I)cc1)S(=O)(=O)c1ccccc1. The molecule has 0 aliphatic carbocycles. The number of halogens is 1. The Morgan fingerprint density at radius 3 is 2.13 bits per heavy atom. The molecule has 1 atom stereocenters. The predicted octanol–water partition coefficient (Wildman–Crippen LogP) is 4.86. The Balaban J connectivity index is 1.92. The van der Waals surface area contributed by atoms with E-state index in [9.17, 15) is 18.0 Å². The molecule has 0 bridgehead atoms. The van der Waals surface area contributed by atoms with Gasteiger partial charge < -0.3 is 10.2 Å². The van der Waals surface area contributed by atoms with E-state index in [1.54, 1.807) is 49.4 Å². The molecule has 7 nitrogen and oxygen atoms in total. The average Bonchev–Trinajstić information content (AvgIpc) is 2.93. The van der Waals surface area contributed by atoms with Crippen molar-refractivity contribution in [3.05, 3.63) is 94.1 Å². The van der Waals surface area contributed by atoms with Crippen LogP contribution in [0.3, 0.4) is 0 Å². The monoisotopic (exact) mass is 647 g/mol. The van der Waals surface area contributed by atoms with E-state index in [4.69, 9.17) is 0 Å². The van der Waals surface area contributed by atoms with Crippen molar-refractivity contribution in [3.63, 3.8) is 0 Å². The van der Waals surface area contributed by atoms with E-state index in [1.807, 2.05) is 37.3 Å². The molecule has 1 N–H and O–H groups in total. The van der Waals surface area contributed by atoms with Crippen LogP contribution in [0.2, 0.25) is 0 Å². The second-order valence-corrected chi connectivity index (χ2v) is 12.1. The van der Waals surface area contributed by atoms with Crippen LogP contribution in [0, 0.1) is 3.57 Å². The van der Waals surface area contributed by atoms with Crippen LogP contribution >= 0.6 is 22.6 Å². The standard InChI is InChI=1S/C29H34IN3O4S/c1-3-4-20-31-29(35)23(2)32(21-19-24-11-7-5-8-12-24)28(34)22-33(26-17-15-25(30)16-18-26)38(36,37)27-13-9-6-10-14-27/h5-18,23H,3-4,19-22H2,1-2H3,(H,31,35). The number of carbonyl (C=O) groups excluding carboxylic acids is 2. The molecule has 202 valence electrons. The molecule has 0 radical (unpaired) electrons. The lowest BCUT2D eigenvalue weighted by Gasteiger charge is -2.32. The molecular weight excluding hydrogens is 613 g/mol. The number of rotatable bonds is 13. The van der Waals surface area contributed by atoms with Crippen LogP contribution in [0.25, 0.3) is 0 Å². The lowest BCUT2D eigenvalue weighted by Crippen LogP contribution is -2.52. The number of hydrogen-bond acceptors (Lipinski definition) is 4. The van der Waals surface area contributed by atoms with E-state index in [1.165, 1.54) is 17.0 Å². The van der Waals surface area contributed by atoms with Crippen molar-refractivity contribution in [3.8, 4) is 0 Å². The number of sulfonamides is 1. The Bertz CT molecular complexity index is 1290. The number of amides is 2. The number of unbranched alkanes of at least 4 members (excludes halogenated alkanes) is 1. The Hall–Kier alpha value is -2.92. The highest BCUT2D eigenvalue weighted by Gasteiger charge is 2.32. The van der Waals surface area contributed by atoms with Crippen LogP contribution < -0.4 is 9.62 Å². The van der Waals surface area contributed by atoms with Crippen LogP contribution in [-0.2, 0) is 26.0 Å². The van der Waals surface area contributed by atoms with E-state index in [0.29, 0.717) is 18.7 Å². The van der Waals surface area contributed by atoms with E-state index in [0.717, 1.165) is 26.3 Å². The van der Waals surface area contributed by atoms with Crippen molar-refractivity contribution < 1.29 is 18.0 Å². The minimum Gasteiger partial charge on any atom is -0.354 e. The highest BCUT2D eigenvalue weighted by Crippen LogP contribution is 2.25. The quantitative estimate of drug-likeness (QED) is 0.212. The van der Waals surface area contributed by atoms with Gasteiger partial charge in [0.15, 0.2) is 0 Å². The molecule has 9 heteroatoms. The smallest absolute Gasteiger partial charge is 0.264 e. The zero-order valence-corrected chi connectivity index (χ0v) is 24.7. The molecule has 0 fully saturated rings. The topological polar surface area (TPSA) is 86.8 Å². The normalized spacial score (nSPS) is 12.0. The second-order valence-electron chi connectivity index (χ2n) is 8.94. The van der Waals surface area contributed by atoms with Crippen molar-refractivity contribution >= 4 is 50.1 Å². The van der Waals surface area contributed by atoms with Crippen molar-refractivity contribution in [2.45, 2.75) is 44.0 Å². The van der Waals surface area contributed by atoms with Gasteiger partial charge in [0.05, 0.1) is 10.6 Å². The summed E-state index contributed by atoms with van der Waals surface area (Å²) in [7, 11) is -4.04. The van der Waals surface area contributed by atoms with Crippen LogP contribution in [-0.4, -0.2) is 50.8 Å². The minimum absolute atomic E-state index is 0.0903. The van der Waals surface area contributed by atoms with Gasteiger partial charge in [-0.05, 0) is 84.3 Å². The summed E-state index contributed by atoms with van der Waals surface area (Å²) in [5.74, 6) is -0.705. The number of anilines is 1. The number of nitrogens with zero attached hydrogens (tertiary/aromatic N) is 2. The van der Waals surface area contributed by atoms with Gasteiger partial charge in [0.25, 0.3) is 10.0 Å². The first-order valence-corrected chi connectivity index (χ1v) is 15.2. The van der Waals surface area contributed by atoms with Crippen molar-refractivity contribution in [2.24, 2.45) is 0 Å². The van der Waals surface area contributed by atoms with Crippen LogP contribution in [0.15, 0.2) is 89.8 Å². The maximum atomic E-state index is 13.8. The third-order valence-corrected chi connectivity index (χ3v) is 8.71. The van der Waals surface area contributed by atoms with E-state index in [2.05, 4.69) is 27.9 Å². The number of carbonyl (C=O) groups is 2. The maximum Gasteiger partial charge on any atom is 0.264 e. The van der Waals surface area contributed by atoms with Crippen molar-refractivity contribution in [1.29, 1.82) is 0 Å². The largest absolute Gasteiger partial charge is 0.354 e. The predicted molar refractivity (Wildman–Crippen MR) is 159 cm³/mol. The summed E-state index contributed by atoms with van der Waals surface area (Å²) in [4.78, 5) is 28.3. The summed E-state index contributed by atoms with van der Waals surface area (Å²) in [6.07, 6.45) is 2.31. The zero-order chi connectivity index (χ0) is 27.5. The van der Waals surface area contributed by atoms with Gasteiger partial charge in [0.1, 0.15) is 12.6 Å². The molecule has 0 aliphatic rings. The summed E-state index contributed by atoms with van der Waals surface area (Å²) in [5.41, 5.74) is 1.40. The summed E-state index contributed by atoms with van der Waals surface area (Å²) < 4.78 is 29.5. The molecule has 38 heavy (non-hydrogen) atoms. The summed E-state index contributed by atoms with van der Waals surface area (Å²) in [6.45, 7) is 4.09. The molecule has 3 aromatic carbocycles. The van der Waals surface area contributed by atoms with E-state index < -0.39 is 28.5 Å². The fraction of sp³-hybridized carbons (Fsp3) is 0.310. The van der Waals surface area contributed by atoms with Gasteiger partial charge in [-0.3, -0.25) is 13.9 Å². The molecule has 0 aliphatic heterocycles. The number of nitrogens with one attached hydrogen (secondary N) is 1. The van der Waals surface area contributed by atoms with Crippen LogP contribution in [0.1, 0.15) is 32.3 Å². The lowest BCUT2D eigenvalue weighted by molar-refractivity contribution is -0.138. The lowest BCUT2D eigenvalue weighted by atomic mass is 10.1. The van der Waals surface area contributed by atoms with Crippen molar-refractivity contribution in [1.82, 2.24) is 10.2 Å². The van der Waals surface area contributed by atoms with Gasteiger partial charge in [-0.25, -0.2) is 8.42 Å². The molecule has 0 saturated carbocycles. The highest BCUT2D eigenvalue weighted by molar-refractivity contribution is 14.1. The second kappa shape index (κ2) is 14.3. The number of benzene rings is 3. The molecule has 0 saturated heterocycles. The molecule has 0 aromatic heterocycles. The third kappa shape index (κ3) is 8.04. The van der Waals surface area contributed by atoms with Gasteiger partial charge >= 0.3 is 0 Å². The molecule has 3 aromatic rings. The molecule has 1 unspecified atom stereocenters. The summed E-state index contributed by atoms with van der Waals surface area (Å²) in [6, 6.07) is 24.0. The highest BCUT2D eigenvalue weighted by atomic mass is 127. The minimum atomic E-state index is -4.04. The first-order chi connectivity index (χ1) is 18.2. The first-order valence-electron chi connectivity index (χ1n) is 12.7. The van der Waals surface area contributed by atoms with Gasteiger partial charge in [-0.1, -0.05) is 61.9 Å². The van der Waals surface area contributed by atoms with E-state index in [-0.39, 0.29) is 17.3 Å². The molecular formula is C29H34IN3O4S. The molecule has 0 heterocycles. The van der Waals surface area contributed by atoms with Gasteiger partial charge in [0, 0.05) is 16.7 Å². The molecule has 3 rings (SSSR count). The molecule has 0 spiro atoms. The summed E-state index contributed by atoms with van der Waals surface area (Å²) in [5, 5.41) is 2.90. The van der Waals surface area contributed by atoms with Crippen LogP contribution in [0.5, 0.6) is 0 Å². The Morgan fingerprint density at radius 1 is 0.921 bits per heavy atom. The third-order valence-electron chi connectivity index (χ3n) is 6.21. The Labute approximate surface area is 239 Å².